The van der Waals surface area contributed by atoms with Gasteiger partial charge in [-0.05, 0) is 37.4 Å². The van der Waals surface area contributed by atoms with Crippen molar-refractivity contribution in [2.24, 2.45) is 0 Å². The summed E-state index contributed by atoms with van der Waals surface area (Å²) in [6.07, 6.45) is -11.6. The first-order chi connectivity index (χ1) is 23.3. The lowest BCUT2D eigenvalue weighted by molar-refractivity contribution is -0.193. The molecule has 0 atom stereocenters. The molecule has 0 bridgehead atoms. The van der Waals surface area contributed by atoms with Gasteiger partial charge in [0.2, 0.25) is 0 Å². The van der Waals surface area contributed by atoms with Crippen molar-refractivity contribution in [2.75, 3.05) is 51.5 Å². The monoisotopic (exact) mass is 748 g/mol. The van der Waals surface area contributed by atoms with Crippen molar-refractivity contribution in [1.29, 1.82) is 0 Å². The van der Waals surface area contributed by atoms with E-state index in [1.54, 1.807) is 6.20 Å². The highest BCUT2D eigenvalue weighted by atomic mass is 19.4. The molecular weight excluding hydrogens is 715 g/mol. The van der Waals surface area contributed by atoms with Crippen molar-refractivity contribution in [3.05, 3.63) is 66.5 Å². The maximum atomic E-state index is 13.2. The summed E-state index contributed by atoms with van der Waals surface area (Å²) in [5.41, 5.74) is 4.87. The van der Waals surface area contributed by atoms with Gasteiger partial charge in [0.1, 0.15) is 0 Å². The van der Waals surface area contributed by atoms with Crippen molar-refractivity contribution in [3.8, 4) is 11.1 Å². The Morgan fingerprint density at radius 2 is 1.20 bits per heavy atom. The molecule has 0 spiro atoms. The van der Waals surface area contributed by atoms with Gasteiger partial charge in [-0.3, -0.25) is 5.10 Å². The molecule has 0 aliphatic carbocycles. The van der Waals surface area contributed by atoms with Gasteiger partial charge in [-0.15, -0.1) is 0 Å². The minimum atomic E-state index is -5.08. The van der Waals surface area contributed by atoms with Crippen LogP contribution >= 0.6 is 0 Å². The van der Waals surface area contributed by atoms with E-state index >= 15 is 0 Å². The Hall–Kier alpha value is -5.54. The van der Waals surface area contributed by atoms with Crippen LogP contribution in [0.4, 0.5) is 55.7 Å². The molecule has 1 heterocycles. The fraction of sp³-hybridized carbons (Fsp3) is 0.345. The molecule has 1 aromatic heterocycles. The van der Waals surface area contributed by atoms with Crippen LogP contribution in [0.5, 0.6) is 0 Å². The second-order valence-corrected chi connectivity index (χ2v) is 10.2. The predicted octanol–water partition coefficient (Wildman–Crippen LogP) is 5.64. The molecule has 284 valence electrons. The summed E-state index contributed by atoms with van der Waals surface area (Å²) in [5, 5.41) is 31.4. The highest BCUT2D eigenvalue weighted by Gasteiger charge is 2.39. The number of amides is 2. The highest BCUT2D eigenvalue weighted by molar-refractivity contribution is 5.94. The number of halogens is 9. The minimum absolute atomic E-state index is 0.111. The number of hydrogen-bond donors (Lipinski definition) is 5. The zero-order valence-corrected chi connectivity index (χ0v) is 27.1. The SMILES string of the molecule is CN(C)CCN(Cc1ccccc1)C(=O)Nc1ccc(-c2cn[nH]c2)cc1N(C)C.O=C(O)C(F)(F)F.O=C(O)C(F)(F)F.O=C(O)C(F)(F)F. The van der Waals surface area contributed by atoms with Crippen molar-refractivity contribution < 1.29 is 74.0 Å². The largest absolute Gasteiger partial charge is 0.490 e. The summed E-state index contributed by atoms with van der Waals surface area (Å²) in [6, 6.07) is 15.9. The number of nitrogens with one attached hydrogen (secondary N) is 2. The Morgan fingerprint density at radius 3 is 1.57 bits per heavy atom. The number of rotatable bonds is 8. The first kappa shape index (κ1) is 45.5. The van der Waals surface area contributed by atoms with Gasteiger partial charge >= 0.3 is 42.5 Å². The van der Waals surface area contributed by atoms with Crippen LogP contribution in [-0.2, 0) is 20.9 Å². The molecule has 5 N–H and O–H groups in total. The number of aromatic nitrogens is 2. The number of anilines is 2. The zero-order valence-electron chi connectivity index (χ0n) is 27.1. The maximum Gasteiger partial charge on any atom is 0.490 e. The second kappa shape index (κ2) is 20.2. The number of nitrogens with zero attached hydrogens (tertiary/aromatic N) is 4. The van der Waals surface area contributed by atoms with Gasteiger partial charge in [0, 0.05) is 45.5 Å². The summed E-state index contributed by atoms with van der Waals surface area (Å²) >= 11 is 0. The molecule has 2 amide bonds. The van der Waals surface area contributed by atoms with Gasteiger partial charge in [0.25, 0.3) is 0 Å². The van der Waals surface area contributed by atoms with Crippen LogP contribution in [0.25, 0.3) is 11.1 Å². The molecule has 3 rings (SSSR count). The Balaban J connectivity index is 0.000000966. The molecule has 0 unspecified atom stereocenters. The molecule has 13 nitrogen and oxygen atoms in total. The molecular formula is C29H33F9N6O7. The molecule has 0 aliphatic heterocycles. The predicted molar refractivity (Wildman–Crippen MR) is 164 cm³/mol. The Morgan fingerprint density at radius 1 is 0.725 bits per heavy atom. The first-order valence-electron chi connectivity index (χ1n) is 13.7. The van der Waals surface area contributed by atoms with Crippen molar-refractivity contribution in [1.82, 2.24) is 20.0 Å². The Bertz CT molecular complexity index is 1480. The van der Waals surface area contributed by atoms with E-state index in [9.17, 15) is 44.3 Å². The van der Waals surface area contributed by atoms with Gasteiger partial charge in [-0.25, -0.2) is 19.2 Å². The summed E-state index contributed by atoms with van der Waals surface area (Å²) in [7, 11) is 7.96. The van der Waals surface area contributed by atoms with E-state index in [2.05, 4.69) is 26.5 Å². The van der Waals surface area contributed by atoms with E-state index < -0.39 is 36.4 Å². The van der Waals surface area contributed by atoms with Crippen LogP contribution in [0.15, 0.2) is 60.9 Å². The number of carbonyl (C=O) groups excluding carboxylic acids is 1. The summed E-state index contributed by atoms with van der Waals surface area (Å²) in [4.78, 5) is 45.8. The molecule has 0 radical (unpaired) electrons. The van der Waals surface area contributed by atoms with Crippen molar-refractivity contribution in [2.45, 2.75) is 25.1 Å². The van der Waals surface area contributed by atoms with E-state index in [1.807, 2.05) is 86.7 Å². The Labute approximate surface area is 283 Å². The number of aromatic amines is 1. The minimum Gasteiger partial charge on any atom is -0.475 e. The second-order valence-electron chi connectivity index (χ2n) is 10.2. The summed E-state index contributed by atoms with van der Waals surface area (Å²) in [6.45, 7) is 1.99. The van der Waals surface area contributed by atoms with E-state index in [0.717, 1.165) is 34.6 Å². The molecule has 0 saturated carbocycles. The van der Waals surface area contributed by atoms with Crippen LogP contribution in [0, 0.1) is 0 Å². The molecule has 3 aromatic rings. The number of carboxylic acid groups (broad SMARTS) is 3. The molecule has 0 aliphatic rings. The van der Waals surface area contributed by atoms with Gasteiger partial charge in [0.15, 0.2) is 0 Å². The number of alkyl halides is 9. The number of benzene rings is 2. The lowest BCUT2D eigenvalue weighted by atomic mass is 10.1. The van der Waals surface area contributed by atoms with Gasteiger partial charge in [-0.2, -0.15) is 44.6 Å². The third kappa shape index (κ3) is 18.7. The summed E-state index contributed by atoms with van der Waals surface area (Å²) < 4.78 is 95.2. The quantitative estimate of drug-likeness (QED) is 0.181. The number of carbonyl (C=O) groups is 4. The molecule has 22 heteroatoms. The molecule has 0 fully saturated rings. The molecule has 2 aromatic carbocycles. The Kier molecular flexibility index (Phi) is 18.0. The smallest absolute Gasteiger partial charge is 0.475 e. The van der Waals surface area contributed by atoms with Crippen LogP contribution < -0.4 is 10.2 Å². The van der Waals surface area contributed by atoms with Gasteiger partial charge in [-0.1, -0.05) is 36.4 Å². The maximum absolute atomic E-state index is 13.2. The third-order valence-corrected chi connectivity index (χ3v) is 5.60. The average Bonchev–Trinajstić information content (AvgIpc) is 3.54. The lowest BCUT2D eigenvalue weighted by Gasteiger charge is -2.26. The molecule has 0 saturated heterocycles. The van der Waals surface area contributed by atoms with Crippen LogP contribution in [0.3, 0.4) is 0 Å². The number of carboxylic acids is 3. The highest BCUT2D eigenvalue weighted by Crippen LogP contribution is 2.31. The number of hydrogen-bond acceptors (Lipinski definition) is 7. The summed E-state index contributed by atoms with van der Waals surface area (Å²) in [5.74, 6) is -8.27. The van der Waals surface area contributed by atoms with Gasteiger partial charge in [0.05, 0.1) is 17.6 Å². The number of likely N-dealkylation sites (N-methyl/N-ethyl adjacent to an activating group) is 1. The fourth-order valence-electron chi connectivity index (χ4n) is 3.17. The van der Waals surface area contributed by atoms with E-state index in [-0.39, 0.29) is 6.03 Å². The zero-order chi connectivity index (χ0) is 39.7. The van der Waals surface area contributed by atoms with Crippen molar-refractivity contribution >= 4 is 35.3 Å². The average molecular weight is 749 g/mol. The standard InChI is InChI=1S/C23H30N6O.3C2HF3O2/c1-27(2)12-13-29(17-18-8-6-5-7-9-18)23(30)26-21-11-10-19(14-22(21)28(3)4)20-15-24-25-16-20;3*3-2(4,5)1(6)7/h5-11,14-16H,12-13,17H2,1-4H3,(H,24,25)(H,26,30);3*(H,6,7). The van der Waals surface area contributed by atoms with E-state index in [0.29, 0.717) is 13.1 Å². The fourth-order valence-corrected chi connectivity index (χ4v) is 3.17. The van der Waals surface area contributed by atoms with E-state index in [1.165, 1.54) is 0 Å². The first-order valence-corrected chi connectivity index (χ1v) is 13.7. The van der Waals surface area contributed by atoms with Crippen LogP contribution in [0.1, 0.15) is 5.56 Å². The third-order valence-electron chi connectivity index (χ3n) is 5.60. The van der Waals surface area contributed by atoms with E-state index in [4.69, 9.17) is 29.7 Å². The van der Waals surface area contributed by atoms with Crippen LogP contribution in [-0.4, -0.2) is 119 Å². The number of aliphatic carboxylic acids is 3. The number of urea groups is 1. The molecule has 51 heavy (non-hydrogen) atoms. The topological polar surface area (TPSA) is 179 Å². The number of H-pyrrole nitrogens is 1. The lowest BCUT2D eigenvalue weighted by Crippen LogP contribution is -2.39. The van der Waals surface area contributed by atoms with Crippen LogP contribution in [0.2, 0.25) is 0 Å². The normalized spacial score (nSPS) is 11.0. The van der Waals surface area contributed by atoms with Gasteiger partial charge < -0.3 is 35.3 Å². The van der Waals surface area contributed by atoms with Crippen molar-refractivity contribution in [3.63, 3.8) is 0 Å².